The molecule has 0 aromatic rings. The molecule has 0 aromatic carbocycles. The molecule has 1 saturated heterocycles. The van der Waals surface area contributed by atoms with Gasteiger partial charge < -0.3 is 4.89 Å². The highest BCUT2D eigenvalue weighted by Crippen LogP contribution is 2.49. The Morgan fingerprint density at radius 2 is 2.00 bits per heavy atom. The predicted octanol–water partition coefficient (Wildman–Crippen LogP) is 0.301. The molecule has 1 rings (SSSR count). The van der Waals surface area contributed by atoms with Crippen LogP contribution in [0.3, 0.4) is 0 Å². The summed E-state index contributed by atoms with van der Waals surface area (Å²) in [5, 5.41) is 0. The maximum atomic E-state index is 11.5. The molecular formula is C5H9N2O7P2+. The van der Waals surface area contributed by atoms with Crippen molar-refractivity contribution in [1.29, 1.82) is 0 Å². The lowest BCUT2D eigenvalue weighted by Gasteiger charge is -2.16. The summed E-state index contributed by atoms with van der Waals surface area (Å²) in [5.74, 6) is -0.890. The maximum absolute atomic E-state index is 11.5. The molecule has 1 aliphatic heterocycles. The molecule has 2 atom stereocenters. The summed E-state index contributed by atoms with van der Waals surface area (Å²) in [6, 6.07) is -1.18. The van der Waals surface area contributed by atoms with Gasteiger partial charge in [0.05, 0.1) is 7.11 Å². The summed E-state index contributed by atoms with van der Waals surface area (Å²) in [4.78, 5) is 32.0. The number of rotatable bonds is 4. The van der Waals surface area contributed by atoms with Crippen molar-refractivity contribution >= 4 is 27.9 Å². The summed E-state index contributed by atoms with van der Waals surface area (Å²) < 4.78 is 31.6. The van der Waals surface area contributed by atoms with Crippen molar-refractivity contribution in [3.8, 4) is 0 Å². The van der Waals surface area contributed by atoms with Crippen LogP contribution in [-0.2, 0) is 23.0 Å². The summed E-state index contributed by atoms with van der Waals surface area (Å²) in [7, 11) is -5.09. The first-order valence-corrected chi connectivity index (χ1v) is 6.56. The molecule has 16 heavy (non-hydrogen) atoms. The number of carbonyl (C=O) groups is 2. The minimum Gasteiger partial charge on any atom is -0.308 e. The minimum absolute atomic E-state index is 0.275. The maximum Gasteiger partial charge on any atom is 0.657 e. The predicted molar refractivity (Wildman–Crippen MR) is 50.4 cm³/mol. The van der Waals surface area contributed by atoms with Gasteiger partial charge in [0.2, 0.25) is 0 Å². The van der Waals surface area contributed by atoms with Crippen molar-refractivity contribution in [3.05, 3.63) is 0 Å². The summed E-state index contributed by atoms with van der Waals surface area (Å²) in [5.41, 5.74) is 0. The van der Waals surface area contributed by atoms with Gasteiger partial charge in [0, 0.05) is 7.11 Å². The largest absolute Gasteiger partial charge is 0.657 e. The van der Waals surface area contributed by atoms with E-state index in [1.165, 1.54) is 0 Å². The third kappa shape index (κ3) is 2.14. The molecule has 1 N–H and O–H groups in total. The highest BCUT2D eigenvalue weighted by Gasteiger charge is 2.55. The second kappa shape index (κ2) is 4.57. The summed E-state index contributed by atoms with van der Waals surface area (Å²) >= 11 is 0. The van der Waals surface area contributed by atoms with Crippen LogP contribution in [0.2, 0.25) is 0 Å². The first-order chi connectivity index (χ1) is 7.35. The van der Waals surface area contributed by atoms with E-state index in [9.17, 15) is 23.6 Å². The van der Waals surface area contributed by atoms with E-state index in [1.54, 1.807) is 0 Å². The van der Waals surface area contributed by atoms with E-state index in [2.05, 4.69) is 9.05 Å². The van der Waals surface area contributed by atoms with Crippen LogP contribution in [0.1, 0.15) is 0 Å². The van der Waals surface area contributed by atoms with E-state index in [0.717, 1.165) is 14.2 Å². The molecule has 3 amide bonds. The molecule has 0 aliphatic carbocycles. The zero-order chi connectivity index (χ0) is 12.5. The number of amides is 3. The van der Waals surface area contributed by atoms with E-state index in [4.69, 9.17) is 0 Å². The average Bonchev–Trinajstić information content (AvgIpc) is 2.54. The number of imide groups is 1. The van der Waals surface area contributed by atoms with Gasteiger partial charge in [-0.3, -0.25) is 9.32 Å². The molecule has 1 aliphatic rings. The number of hydrogen-bond donors (Lipinski definition) is 1. The van der Waals surface area contributed by atoms with E-state index < -0.39 is 34.4 Å². The molecule has 1 heterocycles. The van der Waals surface area contributed by atoms with Crippen molar-refractivity contribution < 1.29 is 32.7 Å². The lowest BCUT2D eigenvalue weighted by Crippen LogP contribution is -2.27. The van der Waals surface area contributed by atoms with Crippen LogP contribution in [0.15, 0.2) is 0 Å². The van der Waals surface area contributed by atoms with Gasteiger partial charge in [-0.1, -0.05) is 0 Å². The quantitative estimate of drug-likeness (QED) is 0.577. The van der Waals surface area contributed by atoms with Gasteiger partial charge >= 0.3 is 22.0 Å². The summed E-state index contributed by atoms with van der Waals surface area (Å²) in [6.07, 6.45) is 0. The van der Waals surface area contributed by atoms with Crippen LogP contribution in [0.25, 0.3) is 0 Å². The van der Waals surface area contributed by atoms with E-state index >= 15 is 0 Å². The topological polar surface area (TPSA) is 113 Å². The Labute approximate surface area is 91.4 Å². The van der Waals surface area contributed by atoms with Crippen LogP contribution in [0.4, 0.5) is 4.79 Å². The van der Waals surface area contributed by atoms with Gasteiger partial charge in [0.1, 0.15) is 6.54 Å². The average molecular weight is 271 g/mol. The molecule has 0 radical (unpaired) electrons. The molecule has 2 unspecified atom stereocenters. The van der Waals surface area contributed by atoms with Crippen molar-refractivity contribution in [2.75, 3.05) is 20.8 Å². The standard InChI is InChI=1S/C5H8N2O7P2/c1-13-15(10)7-4(8)3-6(5(7)9)16(11,12)14-2/h3H2,1-2H3/p+1. The molecule has 9 nitrogen and oxygen atoms in total. The molecule has 1 fully saturated rings. The van der Waals surface area contributed by atoms with Crippen LogP contribution < -0.4 is 0 Å². The first-order valence-electron chi connectivity index (χ1n) is 3.90. The van der Waals surface area contributed by atoms with Crippen molar-refractivity contribution in [3.63, 3.8) is 0 Å². The Bertz CT molecular complexity index is 396. The van der Waals surface area contributed by atoms with Crippen LogP contribution >= 0.6 is 15.9 Å². The van der Waals surface area contributed by atoms with Crippen molar-refractivity contribution in [1.82, 2.24) is 9.34 Å². The third-order valence-electron chi connectivity index (χ3n) is 1.79. The zero-order valence-electron chi connectivity index (χ0n) is 8.39. The second-order valence-electron chi connectivity index (χ2n) is 2.64. The lowest BCUT2D eigenvalue weighted by molar-refractivity contribution is -0.122. The lowest BCUT2D eigenvalue weighted by atomic mass is 10.7. The fourth-order valence-corrected chi connectivity index (χ4v) is 2.55. The number of carbonyl (C=O) groups excluding carboxylic acids is 2. The fourth-order valence-electron chi connectivity index (χ4n) is 1.02. The molecular weight excluding hydrogens is 262 g/mol. The van der Waals surface area contributed by atoms with E-state index in [1.807, 2.05) is 0 Å². The number of urea groups is 1. The number of nitrogens with zero attached hydrogens (tertiary/aromatic N) is 2. The van der Waals surface area contributed by atoms with Gasteiger partial charge in [-0.05, 0) is 9.24 Å². The normalized spacial score (nSPS) is 21.3. The molecule has 11 heteroatoms. The molecule has 0 bridgehead atoms. The molecule has 0 aromatic heterocycles. The van der Waals surface area contributed by atoms with Gasteiger partial charge in [-0.15, -0.1) is 4.52 Å². The Balaban J connectivity index is 3.00. The highest BCUT2D eigenvalue weighted by atomic mass is 31.2. The van der Waals surface area contributed by atoms with Gasteiger partial charge in [-0.25, -0.2) is 14.0 Å². The van der Waals surface area contributed by atoms with Crippen LogP contribution in [0.5, 0.6) is 0 Å². The van der Waals surface area contributed by atoms with E-state index in [0.29, 0.717) is 4.67 Å². The Morgan fingerprint density at radius 3 is 2.44 bits per heavy atom. The highest BCUT2D eigenvalue weighted by molar-refractivity contribution is 7.51. The Kier molecular flexibility index (Phi) is 3.77. The van der Waals surface area contributed by atoms with Crippen molar-refractivity contribution in [2.24, 2.45) is 0 Å². The van der Waals surface area contributed by atoms with Crippen LogP contribution in [0, 0.1) is 0 Å². The first kappa shape index (κ1) is 13.2. The number of hydrogen-bond acceptors (Lipinski definition) is 6. The summed E-state index contributed by atoms with van der Waals surface area (Å²) in [6.45, 7) is -0.676. The van der Waals surface area contributed by atoms with Crippen molar-refractivity contribution in [2.45, 2.75) is 0 Å². The van der Waals surface area contributed by atoms with E-state index in [-0.39, 0.29) is 4.67 Å². The fraction of sp³-hybridized carbons (Fsp3) is 0.600. The smallest absolute Gasteiger partial charge is 0.308 e. The Morgan fingerprint density at radius 1 is 1.44 bits per heavy atom. The van der Waals surface area contributed by atoms with Gasteiger partial charge in [0.15, 0.2) is 0 Å². The van der Waals surface area contributed by atoms with Gasteiger partial charge in [0.25, 0.3) is 5.91 Å². The molecule has 0 saturated carbocycles. The molecule has 90 valence electrons. The minimum atomic E-state index is -4.36. The Hall–Kier alpha value is -0.850. The molecule has 0 spiro atoms. The van der Waals surface area contributed by atoms with Gasteiger partial charge in [-0.2, -0.15) is 0 Å². The third-order valence-corrected chi connectivity index (χ3v) is 4.22. The zero-order valence-corrected chi connectivity index (χ0v) is 10.2. The van der Waals surface area contributed by atoms with Crippen LogP contribution in [-0.4, -0.2) is 46.9 Å². The SMILES string of the molecule is CO[P+](=O)N1C(=O)CN(P(=O)(O)OC)C1=O. The monoisotopic (exact) mass is 271 g/mol. The second-order valence-corrected chi connectivity index (χ2v) is 5.71.